The number of fused-ring (bicyclic) bond motifs is 1. The minimum Gasteiger partial charge on any atom is -0.465 e. The van der Waals surface area contributed by atoms with E-state index in [1.54, 1.807) is 30.5 Å². The summed E-state index contributed by atoms with van der Waals surface area (Å²) in [6.45, 7) is 13.7. The number of esters is 1. The van der Waals surface area contributed by atoms with Crippen molar-refractivity contribution >= 4 is 32.8 Å². The Morgan fingerprint density at radius 2 is 1.68 bits per heavy atom. The summed E-state index contributed by atoms with van der Waals surface area (Å²) < 4.78 is 28.0. The van der Waals surface area contributed by atoms with Gasteiger partial charge in [-0.2, -0.15) is 0 Å². The molecule has 4 aromatic rings. The highest BCUT2D eigenvalue weighted by Crippen LogP contribution is 2.24. The van der Waals surface area contributed by atoms with Crippen LogP contribution in [0, 0.1) is 25.7 Å². The second-order valence-electron chi connectivity index (χ2n) is 8.76. The molecule has 3 aromatic carbocycles. The lowest BCUT2D eigenvalue weighted by atomic mass is 9.97. The molecule has 0 amide bonds. The number of carbonyl (C=O) groups is 1. The summed E-state index contributed by atoms with van der Waals surface area (Å²) in [6, 6.07) is 18.9. The first-order valence-electron chi connectivity index (χ1n) is 13.1. The molecule has 40 heavy (non-hydrogen) atoms. The van der Waals surface area contributed by atoms with Crippen molar-refractivity contribution in [3.05, 3.63) is 112 Å². The molecule has 0 atom stereocenters. The third-order valence-corrected chi connectivity index (χ3v) is 7.23. The number of para-hydroxylation sites is 1. The molecule has 0 saturated carbocycles. The van der Waals surface area contributed by atoms with Gasteiger partial charge in [-0.25, -0.2) is 13.2 Å². The Morgan fingerprint density at radius 3 is 2.27 bits per heavy atom. The van der Waals surface area contributed by atoms with Crippen molar-refractivity contribution in [1.82, 2.24) is 4.98 Å². The fraction of sp³-hybridized carbons (Fsp3) is 0.235. The normalized spacial score (nSPS) is 10.2. The number of sulfone groups is 1. The Morgan fingerprint density at radius 1 is 1.00 bits per heavy atom. The predicted molar refractivity (Wildman–Crippen MR) is 167 cm³/mol. The third kappa shape index (κ3) is 7.91. The Bertz CT molecular complexity index is 1680. The first-order valence-corrected chi connectivity index (χ1v) is 15.0. The first kappa shape index (κ1) is 32.0. The number of aryl methyl sites for hydroxylation is 3. The fourth-order valence-corrected chi connectivity index (χ4v) is 4.81. The van der Waals surface area contributed by atoms with E-state index in [-0.39, 0.29) is 12.3 Å². The van der Waals surface area contributed by atoms with Gasteiger partial charge in [0.2, 0.25) is 0 Å². The second-order valence-corrected chi connectivity index (χ2v) is 10.7. The van der Waals surface area contributed by atoms with Crippen molar-refractivity contribution in [2.75, 3.05) is 13.4 Å². The zero-order valence-electron chi connectivity index (χ0n) is 24.3. The SMILES string of the molecule is C=Cc1ccnc2c(S(C)(=O)=O)cccc12.CC.CCc1cc(C#Cc2ccccc2C)c(C)cc1C(=O)OC.[HH]. The maximum absolute atomic E-state index is 11.8. The summed E-state index contributed by atoms with van der Waals surface area (Å²) in [4.78, 5) is 16.2. The number of methoxy groups -OCH3 is 1. The number of benzene rings is 3. The molecule has 0 fully saturated rings. The summed E-state index contributed by atoms with van der Waals surface area (Å²) in [7, 11) is -1.85. The summed E-state index contributed by atoms with van der Waals surface area (Å²) in [5.41, 5.74) is 7.10. The molecular weight excluding hydrogens is 518 g/mol. The molecule has 0 saturated heterocycles. The van der Waals surface area contributed by atoms with Gasteiger partial charge in [-0.15, -0.1) is 0 Å². The summed E-state index contributed by atoms with van der Waals surface area (Å²) in [5.74, 6) is 6.15. The number of pyridine rings is 1. The number of rotatable bonds is 4. The van der Waals surface area contributed by atoms with E-state index in [1.807, 2.05) is 64.1 Å². The molecule has 0 bridgehead atoms. The van der Waals surface area contributed by atoms with Crippen LogP contribution in [-0.2, 0) is 21.0 Å². The predicted octanol–water partition coefficient (Wildman–Crippen LogP) is 7.61. The van der Waals surface area contributed by atoms with Crippen molar-refractivity contribution in [2.45, 2.75) is 45.9 Å². The monoisotopic (exact) mass is 557 g/mol. The van der Waals surface area contributed by atoms with Crippen LogP contribution in [0.15, 0.2) is 78.3 Å². The molecule has 6 heteroatoms. The van der Waals surface area contributed by atoms with Crippen molar-refractivity contribution in [3.8, 4) is 11.8 Å². The summed E-state index contributed by atoms with van der Waals surface area (Å²) in [5, 5.41) is 0.806. The van der Waals surface area contributed by atoms with Gasteiger partial charge < -0.3 is 4.74 Å². The van der Waals surface area contributed by atoms with E-state index < -0.39 is 9.84 Å². The van der Waals surface area contributed by atoms with Gasteiger partial charge in [0.25, 0.3) is 0 Å². The van der Waals surface area contributed by atoms with E-state index in [1.165, 1.54) is 13.4 Å². The maximum atomic E-state index is 11.8. The lowest BCUT2D eigenvalue weighted by Crippen LogP contribution is -2.06. The van der Waals surface area contributed by atoms with E-state index in [4.69, 9.17) is 4.74 Å². The maximum Gasteiger partial charge on any atom is 0.338 e. The van der Waals surface area contributed by atoms with Crippen LogP contribution < -0.4 is 0 Å². The van der Waals surface area contributed by atoms with Gasteiger partial charge >= 0.3 is 5.97 Å². The highest BCUT2D eigenvalue weighted by Gasteiger charge is 2.14. The van der Waals surface area contributed by atoms with E-state index >= 15 is 0 Å². The average molecular weight is 558 g/mol. The van der Waals surface area contributed by atoms with Crippen LogP contribution in [0.4, 0.5) is 0 Å². The minimum absolute atomic E-state index is 0. The number of ether oxygens (including phenoxy) is 1. The van der Waals surface area contributed by atoms with Gasteiger partial charge in [-0.1, -0.05) is 75.6 Å². The fourth-order valence-electron chi connectivity index (χ4n) is 3.98. The van der Waals surface area contributed by atoms with Crippen molar-refractivity contribution in [1.29, 1.82) is 0 Å². The second kappa shape index (κ2) is 14.8. The molecular formula is C34H39NO4S. The van der Waals surface area contributed by atoms with Gasteiger partial charge in [0.15, 0.2) is 9.84 Å². The van der Waals surface area contributed by atoms with Gasteiger partial charge in [-0.3, -0.25) is 4.98 Å². The van der Waals surface area contributed by atoms with E-state index in [9.17, 15) is 13.2 Å². The molecule has 0 unspecified atom stereocenters. The third-order valence-electron chi connectivity index (χ3n) is 6.10. The lowest BCUT2D eigenvalue weighted by molar-refractivity contribution is 0.0599. The van der Waals surface area contributed by atoms with Crippen molar-refractivity contribution in [3.63, 3.8) is 0 Å². The highest BCUT2D eigenvalue weighted by atomic mass is 32.2. The van der Waals surface area contributed by atoms with Crippen LogP contribution in [-0.4, -0.2) is 32.7 Å². The standard InChI is InChI=1S/C20H20O2.C12H11NO2S.C2H6.H2/c1-5-16-13-18(15(3)12-19(16)20(21)22-4)11-10-17-9-7-6-8-14(17)2;1-3-9-7-8-13-12-10(9)5-4-6-11(12)16(2,14)15;1-2;/h6-9,12-13H,5H2,1-4H3;3-8H,1H2,2H3;1-2H3;1H. The highest BCUT2D eigenvalue weighted by molar-refractivity contribution is 7.91. The Kier molecular flexibility index (Phi) is 11.8. The van der Waals surface area contributed by atoms with Gasteiger partial charge in [0.05, 0.1) is 23.1 Å². The molecule has 0 aliphatic carbocycles. The number of hydrogen-bond donors (Lipinski definition) is 0. The van der Waals surface area contributed by atoms with Gasteiger partial charge in [-0.05, 0) is 72.9 Å². The molecule has 5 nitrogen and oxygen atoms in total. The van der Waals surface area contributed by atoms with Crippen LogP contribution >= 0.6 is 0 Å². The van der Waals surface area contributed by atoms with Gasteiger partial charge in [0.1, 0.15) is 0 Å². The molecule has 0 radical (unpaired) electrons. The minimum atomic E-state index is -3.25. The molecule has 4 rings (SSSR count). The smallest absolute Gasteiger partial charge is 0.338 e. The Balaban J connectivity index is 0.000000393. The zero-order chi connectivity index (χ0) is 29.9. The molecule has 1 heterocycles. The van der Waals surface area contributed by atoms with E-state index in [0.29, 0.717) is 11.1 Å². The largest absolute Gasteiger partial charge is 0.465 e. The van der Waals surface area contributed by atoms with Gasteiger partial charge in [0, 0.05) is 30.4 Å². The van der Waals surface area contributed by atoms with Crippen molar-refractivity contribution in [2.24, 2.45) is 0 Å². The first-order chi connectivity index (χ1) is 19.1. The van der Waals surface area contributed by atoms with E-state index in [2.05, 4.69) is 36.4 Å². The van der Waals surface area contributed by atoms with Crippen LogP contribution in [0.2, 0.25) is 0 Å². The Hall–Kier alpha value is -4.21. The van der Waals surface area contributed by atoms with Crippen LogP contribution in [0.3, 0.4) is 0 Å². The average Bonchev–Trinajstić information content (AvgIpc) is 2.96. The molecule has 0 spiro atoms. The molecule has 1 aromatic heterocycles. The van der Waals surface area contributed by atoms with Crippen LogP contribution in [0.25, 0.3) is 17.0 Å². The lowest BCUT2D eigenvalue weighted by Gasteiger charge is -2.09. The number of hydrogen-bond acceptors (Lipinski definition) is 5. The topological polar surface area (TPSA) is 73.3 Å². The molecule has 0 aliphatic heterocycles. The quantitative estimate of drug-likeness (QED) is 0.191. The molecule has 210 valence electrons. The number of aromatic nitrogens is 1. The number of nitrogens with zero attached hydrogens (tertiary/aromatic N) is 1. The van der Waals surface area contributed by atoms with Crippen molar-refractivity contribution < 1.29 is 19.4 Å². The molecule has 0 aliphatic rings. The van der Waals surface area contributed by atoms with E-state index in [0.717, 1.165) is 45.2 Å². The number of carbonyl (C=O) groups excluding carboxylic acids is 1. The summed E-state index contributed by atoms with van der Waals surface area (Å²) in [6.07, 6.45) is 5.23. The molecule has 0 N–H and O–H groups in total. The Labute approximate surface area is 240 Å². The van der Waals surface area contributed by atoms with Crippen LogP contribution in [0.1, 0.15) is 65.9 Å². The van der Waals surface area contributed by atoms with Crippen LogP contribution in [0.5, 0.6) is 0 Å². The summed E-state index contributed by atoms with van der Waals surface area (Å²) >= 11 is 0. The zero-order valence-corrected chi connectivity index (χ0v) is 25.1.